The third kappa shape index (κ3) is 3.49. The highest BCUT2D eigenvalue weighted by Crippen LogP contribution is 2.34. The first-order valence-corrected chi connectivity index (χ1v) is 8.17. The number of nitrogens with zero attached hydrogens (tertiary/aromatic N) is 2. The smallest absolute Gasteiger partial charge is 0.374 e. The quantitative estimate of drug-likeness (QED) is 0.820. The van der Waals surface area contributed by atoms with Crippen molar-refractivity contribution in [2.75, 3.05) is 18.5 Å². The lowest BCUT2D eigenvalue weighted by molar-refractivity contribution is -0.132. The number of anilines is 1. The van der Waals surface area contributed by atoms with Gasteiger partial charge >= 0.3 is 6.18 Å². The summed E-state index contributed by atoms with van der Waals surface area (Å²) in [7, 11) is 1.96. The number of alkyl halides is 3. The molecule has 1 aromatic carbocycles. The van der Waals surface area contributed by atoms with E-state index < -0.39 is 29.6 Å². The van der Waals surface area contributed by atoms with Crippen molar-refractivity contribution in [2.24, 2.45) is 10.9 Å². The monoisotopic (exact) mass is 365 g/mol. The Morgan fingerprint density at radius 1 is 1.35 bits per heavy atom. The van der Waals surface area contributed by atoms with Crippen molar-refractivity contribution < 1.29 is 22.8 Å². The summed E-state index contributed by atoms with van der Waals surface area (Å²) >= 11 is 0. The van der Waals surface area contributed by atoms with Crippen LogP contribution in [0, 0.1) is 12.8 Å². The molecule has 0 bridgehead atoms. The summed E-state index contributed by atoms with van der Waals surface area (Å²) in [6.45, 7) is 2.68. The molecular formula is C18H18F3N3O2. The van der Waals surface area contributed by atoms with E-state index in [9.17, 15) is 22.8 Å². The second-order valence-electron chi connectivity index (χ2n) is 6.50. The zero-order chi connectivity index (χ0) is 19.1. The molecule has 26 heavy (non-hydrogen) atoms. The highest BCUT2D eigenvalue weighted by molar-refractivity contribution is 6.14. The molecule has 2 amide bonds. The molecule has 0 saturated heterocycles. The van der Waals surface area contributed by atoms with Crippen LogP contribution in [0.5, 0.6) is 0 Å². The lowest BCUT2D eigenvalue weighted by Gasteiger charge is -2.34. The predicted octanol–water partition coefficient (Wildman–Crippen LogP) is 2.71. The average Bonchev–Trinajstić information content (AvgIpc) is 2.56. The lowest BCUT2D eigenvalue weighted by atomic mass is 9.94. The summed E-state index contributed by atoms with van der Waals surface area (Å²) < 4.78 is 37.8. The van der Waals surface area contributed by atoms with Crippen LogP contribution >= 0.6 is 0 Å². The van der Waals surface area contributed by atoms with Crippen molar-refractivity contribution in [1.82, 2.24) is 5.32 Å². The van der Waals surface area contributed by atoms with E-state index in [1.807, 2.05) is 32.2 Å². The Morgan fingerprint density at radius 2 is 2.08 bits per heavy atom. The van der Waals surface area contributed by atoms with Crippen molar-refractivity contribution >= 4 is 23.2 Å². The predicted molar refractivity (Wildman–Crippen MR) is 91.1 cm³/mol. The molecule has 2 aliphatic rings. The maximum absolute atomic E-state index is 12.6. The van der Waals surface area contributed by atoms with E-state index in [0.717, 1.165) is 22.9 Å². The van der Waals surface area contributed by atoms with Crippen LogP contribution in [0.1, 0.15) is 23.6 Å². The summed E-state index contributed by atoms with van der Waals surface area (Å²) in [4.78, 5) is 29.4. The number of carbonyl (C=O) groups is 2. The highest BCUT2D eigenvalue weighted by atomic mass is 19.4. The van der Waals surface area contributed by atoms with Crippen LogP contribution in [0.2, 0.25) is 0 Å². The highest BCUT2D eigenvalue weighted by Gasteiger charge is 2.39. The van der Waals surface area contributed by atoms with Crippen LogP contribution in [0.25, 0.3) is 0 Å². The van der Waals surface area contributed by atoms with Gasteiger partial charge in [-0.05, 0) is 36.6 Å². The van der Waals surface area contributed by atoms with E-state index in [4.69, 9.17) is 0 Å². The summed E-state index contributed by atoms with van der Waals surface area (Å²) in [5.74, 6) is -3.08. The first-order valence-electron chi connectivity index (χ1n) is 8.17. The molecule has 2 heterocycles. The van der Waals surface area contributed by atoms with Crippen LogP contribution in [0.4, 0.5) is 18.9 Å². The Hall–Kier alpha value is -2.64. The number of aryl methyl sites for hydroxylation is 1. The zero-order valence-corrected chi connectivity index (χ0v) is 14.3. The van der Waals surface area contributed by atoms with Crippen LogP contribution < -0.4 is 10.2 Å². The Bertz CT molecular complexity index is 814. The molecule has 0 aromatic heterocycles. The molecule has 0 spiro atoms. The zero-order valence-electron chi connectivity index (χ0n) is 14.3. The van der Waals surface area contributed by atoms with Crippen molar-refractivity contribution in [3.8, 4) is 0 Å². The maximum Gasteiger partial charge on any atom is 0.433 e. The van der Waals surface area contributed by atoms with E-state index in [2.05, 4.69) is 15.2 Å². The number of amides is 2. The molecule has 5 nitrogen and oxygen atoms in total. The minimum atomic E-state index is -4.71. The number of hydrogen-bond donors (Lipinski definition) is 1. The molecule has 0 saturated carbocycles. The summed E-state index contributed by atoms with van der Waals surface area (Å²) in [6, 6.07) is 5.56. The Kier molecular flexibility index (Phi) is 4.60. The third-order valence-corrected chi connectivity index (χ3v) is 4.56. The van der Waals surface area contributed by atoms with Crippen molar-refractivity contribution in [3.05, 3.63) is 41.5 Å². The molecule has 0 radical (unpaired) electrons. The minimum Gasteiger partial charge on any atom is -0.374 e. The maximum atomic E-state index is 12.6. The molecule has 3 rings (SSSR count). The standard InChI is InChI=1S/C18H18F3N3O2/c1-10-3-4-11-13(7-8-24(2)14(11)9-10)22-16(25)12-5-6-15(18(19,20)21)23-17(12)26/h3-6,9,12-13H,7-8H2,1-2H3,(H,22,25). The molecule has 8 heteroatoms. The SMILES string of the molecule is Cc1ccc2c(c1)N(C)CCC2NC(=O)C1C=CC(C(F)(F)F)=NC1=O. The topological polar surface area (TPSA) is 61.8 Å². The Labute approximate surface area is 148 Å². The van der Waals surface area contributed by atoms with Crippen LogP contribution in [0.15, 0.2) is 35.3 Å². The normalized spacial score (nSPS) is 22.7. The van der Waals surface area contributed by atoms with Gasteiger partial charge in [-0.1, -0.05) is 18.2 Å². The van der Waals surface area contributed by atoms with Gasteiger partial charge < -0.3 is 10.2 Å². The van der Waals surface area contributed by atoms with Crippen LogP contribution in [-0.2, 0) is 9.59 Å². The largest absolute Gasteiger partial charge is 0.433 e. The second-order valence-corrected chi connectivity index (χ2v) is 6.50. The summed E-state index contributed by atoms with van der Waals surface area (Å²) in [6.07, 6.45) is -2.44. The van der Waals surface area contributed by atoms with Gasteiger partial charge in [0.2, 0.25) is 5.91 Å². The average molecular weight is 365 g/mol. The molecule has 138 valence electrons. The van der Waals surface area contributed by atoms with Gasteiger partial charge in [-0.15, -0.1) is 0 Å². The summed E-state index contributed by atoms with van der Waals surface area (Å²) in [5, 5.41) is 2.78. The van der Waals surface area contributed by atoms with Crippen LogP contribution in [-0.4, -0.2) is 37.3 Å². The van der Waals surface area contributed by atoms with E-state index in [0.29, 0.717) is 19.0 Å². The fourth-order valence-electron chi connectivity index (χ4n) is 3.14. The number of carbonyl (C=O) groups excluding carboxylic acids is 2. The molecule has 0 fully saturated rings. The lowest BCUT2D eigenvalue weighted by Crippen LogP contribution is -2.41. The molecule has 2 aliphatic heterocycles. The molecule has 2 unspecified atom stereocenters. The molecule has 1 N–H and O–H groups in total. The fraction of sp³-hybridized carbons (Fsp3) is 0.389. The second kappa shape index (κ2) is 6.59. The van der Waals surface area contributed by atoms with Crippen molar-refractivity contribution in [2.45, 2.75) is 25.6 Å². The first kappa shape index (κ1) is 18.2. The molecule has 2 atom stereocenters. The number of aliphatic imine (C=N–C) groups is 1. The number of fused-ring (bicyclic) bond motifs is 1. The minimum absolute atomic E-state index is 0.302. The number of hydrogen-bond acceptors (Lipinski definition) is 3. The van der Waals surface area contributed by atoms with E-state index in [1.54, 1.807) is 0 Å². The van der Waals surface area contributed by atoms with E-state index in [-0.39, 0.29) is 6.04 Å². The number of benzene rings is 1. The van der Waals surface area contributed by atoms with Crippen LogP contribution in [0.3, 0.4) is 0 Å². The fourth-order valence-corrected chi connectivity index (χ4v) is 3.14. The van der Waals surface area contributed by atoms with Gasteiger partial charge in [0.05, 0.1) is 6.04 Å². The Morgan fingerprint density at radius 3 is 2.73 bits per heavy atom. The first-order chi connectivity index (χ1) is 12.2. The number of nitrogens with one attached hydrogen (secondary N) is 1. The van der Waals surface area contributed by atoms with Gasteiger partial charge in [-0.3, -0.25) is 9.59 Å². The number of rotatable bonds is 2. The van der Waals surface area contributed by atoms with Gasteiger partial charge in [-0.25, -0.2) is 4.99 Å². The molecule has 1 aromatic rings. The summed E-state index contributed by atoms with van der Waals surface area (Å²) in [5.41, 5.74) is 1.71. The molecule has 0 aliphatic carbocycles. The van der Waals surface area contributed by atoms with Gasteiger partial charge in [0, 0.05) is 19.3 Å². The number of allylic oxidation sites excluding steroid dienone is 1. The van der Waals surface area contributed by atoms with Gasteiger partial charge in [0.1, 0.15) is 11.6 Å². The van der Waals surface area contributed by atoms with Crippen molar-refractivity contribution in [3.63, 3.8) is 0 Å². The van der Waals surface area contributed by atoms with Crippen molar-refractivity contribution in [1.29, 1.82) is 0 Å². The van der Waals surface area contributed by atoms with E-state index in [1.165, 1.54) is 0 Å². The molecular weight excluding hydrogens is 347 g/mol. The van der Waals surface area contributed by atoms with E-state index >= 15 is 0 Å². The number of halogens is 3. The van der Waals surface area contributed by atoms with Gasteiger partial charge in [0.15, 0.2) is 0 Å². The van der Waals surface area contributed by atoms with Gasteiger partial charge in [-0.2, -0.15) is 13.2 Å². The third-order valence-electron chi connectivity index (χ3n) is 4.56. The van der Waals surface area contributed by atoms with Gasteiger partial charge in [0.25, 0.3) is 5.91 Å². The number of dihydropyridines is 1. The Balaban J connectivity index is 1.76.